The molecule has 0 fully saturated rings. The molecule has 98 valence electrons. The van der Waals surface area contributed by atoms with Crippen LogP contribution in [0.25, 0.3) is 0 Å². The lowest BCUT2D eigenvalue weighted by Gasteiger charge is -2.13. The van der Waals surface area contributed by atoms with E-state index >= 15 is 0 Å². The van der Waals surface area contributed by atoms with E-state index in [-0.39, 0.29) is 5.56 Å². The number of amides is 1. The van der Waals surface area contributed by atoms with Gasteiger partial charge in [0, 0.05) is 3.57 Å². The molecule has 0 aromatic heterocycles. The van der Waals surface area contributed by atoms with E-state index in [1.807, 2.05) is 22.6 Å². The Kier molecular flexibility index (Phi) is 5.21. The summed E-state index contributed by atoms with van der Waals surface area (Å²) < 4.78 is 5.82. The van der Waals surface area contributed by atoms with E-state index in [1.54, 1.807) is 6.07 Å². The highest BCUT2D eigenvalue weighted by Crippen LogP contribution is 2.28. The van der Waals surface area contributed by atoms with E-state index in [2.05, 4.69) is 5.32 Å². The van der Waals surface area contributed by atoms with Crippen molar-refractivity contribution in [2.24, 2.45) is 0 Å². The number of hydrogen-bond donors (Lipinski definition) is 2. The van der Waals surface area contributed by atoms with Crippen molar-refractivity contribution in [3.63, 3.8) is 0 Å². The molecule has 1 unspecified atom stereocenters. The molecule has 0 aliphatic carbocycles. The van der Waals surface area contributed by atoms with Crippen LogP contribution in [0, 0.1) is 3.57 Å². The summed E-state index contributed by atoms with van der Waals surface area (Å²) in [5, 5.41) is 11.5. The highest BCUT2D eigenvalue weighted by Gasteiger charge is 2.19. The van der Waals surface area contributed by atoms with Gasteiger partial charge in [0.1, 0.15) is 11.8 Å². The maximum Gasteiger partial charge on any atom is 0.325 e. The molecule has 1 aromatic rings. The van der Waals surface area contributed by atoms with Crippen LogP contribution in [0.5, 0.6) is 5.75 Å². The molecule has 0 saturated carbocycles. The summed E-state index contributed by atoms with van der Waals surface area (Å²) in [4.78, 5) is 22.6. The molecule has 1 aromatic carbocycles. The van der Waals surface area contributed by atoms with Crippen LogP contribution in [-0.2, 0) is 4.79 Å². The van der Waals surface area contributed by atoms with Crippen LogP contribution in [0.3, 0.4) is 0 Å². The molecule has 0 saturated heterocycles. The van der Waals surface area contributed by atoms with E-state index in [4.69, 9.17) is 21.4 Å². The molecule has 0 bridgehead atoms. The zero-order chi connectivity index (χ0) is 13.9. The van der Waals surface area contributed by atoms with Gasteiger partial charge in [-0.25, -0.2) is 0 Å². The number of carbonyl (C=O) groups is 2. The minimum Gasteiger partial charge on any atom is -0.496 e. The molecule has 18 heavy (non-hydrogen) atoms. The van der Waals surface area contributed by atoms with E-state index in [0.29, 0.717) is 10.8 Å². The summed E-state index contributed by atoms with van der Waals surface area (Å²) in [6.45, 7) is 1.38. The predicted octanol–water partition coefficient (Wildman–Crippen LogP) is 2.16. The van der Waals surface area contributed by atoms with Gasteiger partial charge in [0.15, 0.2) is 0 Å². The Balaban J connectivity index is 3.05. The molecule has 1 amide bonds. The van der Waals surface area contributed by atoms with Gasteiger partial charge in [-0.2, -0.15) is 0 Å². The van der Waals surface area contributed by atoms with Gasteiger partial charge in [-0.15, -0.1) is 0 Å². The summed E-state index contributed by atoms with van der Waals surface area (Å²) in [6, 6.07) is 2.08. The minimum absolute atomic E-state index is 0.205. The molecule has 1 rings (SSSR count). The maximum atomic E-state index is 11.9. The van der Waals surface area contributed by atoms with Gasteiger partial charge >= 0.3 is 5.97 Å². The van der Waals surface area contributed by atoms with Gasteiger partial charge in [-0.1, -0.05) is 11.6 Å². The second-order valence-corrected chi connectivity index (χ2v) is 5.07. The first kappa shape index (κ1) is 15.0. The summed E-state index contributed by atoms with van der Waals surface area (Å²) in [6.07, 6.45) is 0. The van der Waals surface area contributed by atoms with Crippen LogP contribution in [0.15, 0.2) is 12.1 Å². The van der Waals surface area contributed by atoms with E-state index < -0.39 is 17.9 Å². The third-order valence-electron chi connectivity index (χ3n) is 2.21. The molecule has 0 aliphatic heterocycles. The number of rotatable bonds is 4. The number of aliphatic carboxylic acids is 1. The molecular formula is C11H11ClINO4. The fourth-order valence-electron chi connectivity index (χ4n) is 1.21. The third kappa shape index (κ3) is 3.49. The first-order valence-corrected chi connectivity index (χ1v) is 6.39. The standard InChI is InChI=1S/C11H11ClINO4/c1-5(11(16)17)14-10(15)6-3-7(12)8(13)4-9(6)18-2/h3-5H,1-2H3,(H,14,15)(H,16,17). The summed E-state index contributed by atoms with van der Waals surface area (Å²) in [5.41, 5.74) is 0.205. The monoisotopic (exact) mass is 383 g/mol. The number of methoxy groups -OCH3 is 1. The fourth-order valence-corrected chi connectivity index (χ4v) is 1.81. The van der Waals surface area contributed by atoms with Gasteiger partial charge in [0.05, 0.1) is 17.7 Å². The SMILES string of the molecule is COc1cc(I)c(Cl)cc1C(=O)NC(C)C(=O)O. The largest absolute Gasteiger partial charge is 0.496 e. The topological polar surface area (TPSA) is 75.6 Å². The van der Waals surface area contributed by atoms with Crippen LogP contribution >= 0.6 is 34.2 Å². The predicted molar refractivity (Wildman–Crippen MR) is 75.3 cm³/mol. The molecule has 0 spiro atoms. The summed E-state index contributed by atoms with van der Waals surface area (Å²) in [5.74, 6) is -1.31. The van der Waals surface area contributed by atoms with Crippen LogP contribution in [-0.4, -0.2) is 30.1 Å². The third-order valence-corrected chi connectivity index (χ3v) is 3.73. The first-order chi connectivity index (χ1) is 8.36. The van der Waals surface area contributed by atoms with Crippen molar-refractivity contribution in [3.8, 4) is 5.75 Å². The molecule has 5 nitrogen and oxygen atoms in total. The number of ether oxygens (including phenoxy) is 1. The van der Waals surface area contributed by atoms with Crippen LogP contribution in [0.4, 0.5) is 0 Å². The Morgan fingerprint density at radius 3 is 2.61 bits per heavy atom. The van der Waals surface area contributed by atoms with E-state index in [0.717, 1.165) is 3.57 Å². The molecule has 0 radical (unpaired) electrons. The Hall–Kier alpha value is -1.02. The fraction of sp³-hybridized carbons (Fsp3) is 0.273. The average molecular weight is 384 g/mol. The van der Waals surface area contributed by atoms with E-state index in [9.17, 15) is 9.59 Å². The van der Waals surface area contributed by atoms with E-state index in [1.165, 1.54) is 20.1 Å². The van der Waals surface area contributed by atoms with Crippen LogP contribution in [0.2, 0.25) is 5.02 Å². The van der Waals surface area contributed by atoms with Gasteiger partial charge in [0.25, 0.3) is 5.91 Å². The van der Waals surface area contributed by atoms with Crippen molar-refractivity contribution >= 4 is 46.1 Å². The van der Waals surface area contributed by atoms with Crippen molar-refractivity contribution in [3.05, 3.63) is 26.3 Å². The van der Waals surface area contributed by atoms with Gasteiger partial charge in [-0.05, 0) is 41.6 Å². The van der Waals surface area contributed by atoms with Crippen molar-refractivity contribution in [2.45, 2.75) is 13.0 Å². The number of carbonyl (C=O) groups excluding carboxylic acids is 1. The number of hydrogen-bond acceptors (Lipinski definition) is 3. The van der Waals surface area contributed by atoms with Crippen LogP contribution in [0.1, 0.15) is 17.3 Å². The zero-order valence-electron chi connectivity index (χ0n) is 9.66. The molecular weight excluding hydrogens is 372 g/mol. The number of carboxylic acid groups (broad SMARTS) is 1. The Morgan fingerprint density at radius 1 is 1.50 bits per heavy atom. The quantitative estimate of drug-likeness (QED) is 0.781. The summed E-state index contributed by atoms with van der Waals surface area (Å²) in [7, 11) is 1.43. The normalized spacial score (nSPS) is 11.8. The Labute approximate surface area is 123 Å². The van der Waals surface area contributed by atoms with Crippen LogP contribution < -0.4 is 10.1 Å². The van der Waals surface area contributed by atoms with Crippen molar-refractivity contribution in [1.82, 2.24) is 5.32 Å². The minimum atomic E-state index is -1.11. The van der Waals surface area contributed by atoms with Crippen molar-refractivity contribution < 1.29 is 19.4 Å². The summed E-state index contributed by atoms with van der Waals surface area (Å²) >= 11 is 7.94. The van der Waals surface area contributed by atoms with Gasteiger partial charge in [-0.3, -0.25) is 9.59 Å². The van der Waals surface area contributed by atoms with Crippen molar-refractivity contribution in [2.75, 3.05) is 7.11 Å². The maximum absolute atomic E-state index is 11.9. The number of halogens is 2. The van der Waals surface area contributed by atoms with Crippen molar-refractivity contribution in [1.29, 1.82) is 0 Å². The first-order valence-electron chi connectivity index (χ1n) is 4.93. The average Bonchev–Trinajstić information content (AvgIpc) is 2.31. The number of benzene rings is 1. The Morgan fingerprint density at radius 2 is 2.11 bits per heavy atom. The van der Waals surface area contributed by atoms with Gasteiger partial charge < -0.3 is 15.2 Å². The second kappa shape index (κ2) is 6.24. The molecule has 0 heterocycles. The highest BCUT2D eigenvalue weighted by atomic mass is 127. The number of nitrogens with one attached hydrogen (secondary N) is 1. The van der Waals surface area contributed by atoms with Gasteiger partial charge in [0.2, 0.25) is 0 Å². The molecule has 1 atom stereocenters. The Bertz CT molecular complexity index is 492. The highest BCUT2D eigenvalue weighted by molar-refractivity contribution is 14.1. The molecule has 0 aliphatic rings. The number of carboxylic acids is 1. The second-order valence-electron chi connectivity index (χ2n) is 3.50. The molecule has 7 heteroatoms. The zero-order valence-corrected chi connectivity index (χ0v) is 12.6. The lowest BCUT2D eigenvalue weighted by molar-refractivity contribution is -0.138. The lowest BCUT2D eigenvalue weighted by Crippen LogP contribution is -2.38. The smallest absolute Gasteiger partial charge is 0.325 e. The molecule has 2 N–H and O–H groups in total. The lowest BCUT2D eigenvalue weighted by atomic mass is 10.1.